The molecule has 1 unspecified atom stereocenters. The van der Waals surface area contributed by atoms with E-state index in [0.717, 1.165) is 18.8 Å². The quantitative estimate of drug-likeness (QED) is 0.163. The van der Waals surface area contributed by atoms with Crippen molar-refractivity contribution in [2.45, 2.75) is 25.3 Å². The highest BCUT2D eigenvalue weighted by atomic mass is 16.5. The zero-order valence-electron chi connectivity index (χ0n) is 23.8. The molecule has 1 aromatic carbocycles. The van der Waals surface area contributed by atoms with Gasteiger partial charge in [-0.25, -0.2) is 0 Å². The molecule has 2 N–H and O–H groups in total. The Balaban J connectivity index is 1.83. The molecule has 0 saturated carbocycles. The molecular weight excluding hydrogens is 534 g/mol. The number of hydrogen-bond donors (Lipinski definition) is 2. The summed E-state index contributed by atoms with van der Waals surface area (Å²) in [4.78, 5) is 76.0. The van der Waals surface area contributed by atoms with Gasteiger partial charge in [0.25, 0.3) is 5.91 Å². The van der Waals surface area contributed by atoms with Crippen LogP contribution < -0.4 is 15.5 Å². The lowest BCUT2D eigenvalue weighted by Gasteiger charge is -2.36. The van der Waals surface area contributed by atoms with Gasteiger partial charge in [0.15, 0.2) is 6.29 Å². The number of aldehydes is 3. The number of benzene rings is 1. The summed E-state index contributed by atoms with van der Waals surface area (Å²) in [6.07, 6.45) is 2.56. The third-order valence-electron chi connectivity index (χ3n) is 6.83. The van der Waals surface area contributed by atoms with Crippen molar-refractivity contribution in [3.05, 3.63) is 29.3 Å². The molecule has 41 heavy (non-hydrogen) atoms. The normalized spacial score (nSPS) is 14.1. The van der Waals surface area contributed by atoms with E-state index in [0.29, 0.717) is 71.3 Å². The molecule has 1 aliphatic rings. The second-order valence-corrected chi connectivity index (χ2v) is 9.50. The highest BCUT2D eigenvalue weighted by molar-refractivity contribution is 6.03. The molecule has 1 saturated heterocycles. The third kappa shape index (κ3) is 11.4. The Morgan fingerprint density at radius 1 is 1.00 bits per heavy atom. The number of ether oxygens (including phenoxy) is 2. The van der Waals surface area contributed by atoms with E-state index in [9.17, 15) is 28.8 Å². The van der Waals surface area contributed by atoms with Crippen molar-refractivity contribution in [3.8, 4) is 0 Å². The van der Waals surface area contributed by atoms with Crippen LogP contribution in [-0.4, -0.2) is 132 Å². The lowest BCUT2D eigenvalue weighted by atomic mass is 10.0. The van der Waals surface area contributed by atoms with E-state index in [-0.39, 0.29) is 42.4 Å². The molecule has 0 radical (unpaired) electrons. The number of carbonyl (C=O) groups is 6. The summed E-state index contributed by atoms with van der Waals surface area (Å²) in [5, 5.41) is 5.31. The predicted octanol–water partition coefficient (Wildman–Crippen LogP) is -0.475. The summed E-state index contributed by atoms with van der Waals surface area (Å²) in [5.41, 5.74) is 1.21. The fraction of sp³-hybridized carbons (Fsp3) is 0.571. The highest BCUT2D eigenvalue weighted by Gasteiger charge is 2.25. The van der Waals surface area contributed by atoms with Crippen LogP contribution in [0.3, 0.4) is 0 Å². The van der Waals surface area contributed by atoms with E-state index in [4.69, 9.17) is 9.47 Å². The van der Waals surface area contributed by atoms with Crippen LogP contribution in [-0.2, 0) is 28.7 Å². The van der Waals surface area contributed by atoms with Crippen LogP contribution in [0.1, 0.15) is 40.0 Å². The molecule has 1 heterocycles. The SMILES string of the molecule is CNC(=O)CCC(C=O)N(C)C(=O)c1cc(N2CCN(CCC(=O)NCCOCCOCC=O)CC2)ccc1C=O. The van der Waals surface area contributed by atoms with E-state index in [1.807, 2.05) is 0 Å². The molecule has 2 rings (SSSR count). The Labute approximate surface area is 240 Å². The van der Waals surface area contributed by atoms with Crippen molar-refractivity contribution in [3.63, 3.8) is 0 Å². The summed E-state index contributed by atoms with van der Waals surface area (Å²) in [6, 6.07) is 4.26. The predicted molar refractivity (Wildman–Crippen MR) is 151 cm³/mol. The van der Waals surface area contributed by atoms with Gasteiger partial charge in [-0.2, -0.15) is 0 Å². The van der Waals surface area contributed by atoms with Crippen molar-refractivity contribution in [1.29, 1.82) is 0 Å². The van der Waals surface area contributed by atoms with E-state index in [2.05, 4.69) is 20.4 Å². The van der Waals surface area contributed by atoms with Crippen LogP contribution in [0.4, 0.5) is 5.69 Å². The van der Waals surface area contributed by atoms with Crippen LogP contribution >= 0.6 is 0 Å². The maximum Gasteiger partial charge on any atom is 0.255 e. The van der Waals surface area contributed by atoms with Crippen LogP contribution in [0.25, 0.3) is 0 Å². The molecule has 1 aliphatic heterocycles. The monoisotopic (exact) mass is 575 g/mol. The number of hydrogen-bond acceptors (Lipinski definition) is 10. The second kappa shape index (κ2) is 18.6. The van der Waals surface area contributed by atoms with Gasteiger partial charge >= 0.3 is 0 Å². The average molecular weight is 576 g/mol. The maximum atomic E-state index is 13.3. The molecule has 13 nitrogen and oxygen atoms in total. The number of anilines is 1. The lowest BCUT2D eigenvalue weighted by Crippen LogP contribution is -2.47. The van der Waals surface area contributed by atoms with Crippen molar-refractivity contribution in [1.82, 2.24) is 20.4 Å². The first-order valence-corrected chi connectivity index (χ1v) is 13.7. The minimum atomic E-state index is -0.801. The summed E-state index contributed by atoms with van der Waals surface area (Å²) >= 11 is 0. The molecule has 3 amide bonds. The average Bonchev–Trinajstić information content (AvgIpc) is 3.00. The van der Waals surface area contributed by atoms with Gasteiger partial charge < -0.3 is 39.5 Å². The number of likely N-dealkylation sites (N-methyl/N-ethyl adjacent to an activating group) is 1. The molecule has 1 aromatic rings. The zero-order valence-corrected chi connectivity index (χ0v) is 23.8. The Morgan fingerprint density at radius 2 is 1.73 bits per heavy atom. The topological polar surface area (TPSA) is 155 Å². The first-order chi connectivity index (χ1) is 19.8. The van der Waals surface area contributed by atoms with E-state index in [1.54, 1.807) is 18.2 Å². The Kier molecular flexibility index (Phi) is 15.2. The van der Waals surface area contributed by atoms with Gasteiger partial charge in [-0.1, -0.05) is 0 Å². The van der Waals surface area contributed by atoms with E-state index < -0.39 is 11.9 Å². The Bertz CT molecular complexity index is 1030. The first-order valence-electron chi connectivity index (χ1n) is 13.7. The molecule has 1 atom stereocenters. The lowest BCUT2D eigenvalue weighted by molar-refractivity contribution is -0.122. The minimum Gasteiger partial charge on any atom is -0.377 e. The van der Waals surface area contributed by atoms with Crippen LogP contribution in [0.5, 0.6) is 0 Å². The first kappa shape index (κ1) is 33.5. The molecular formula is C28H41N5O8. The molecule has 0 spiro atoms. The number of carbonyl (C=O) groups excluding carboxylic acids is 6. The smallest absolute Gasteiger partial charge is 0.255 e. The summed E-state index contributed by atoms with van der Waals surface area (Å²) < 4.78 is 10.3. The molecule has 0 bridgehead atoms. The molecule has 226 valence electrons. The van der Waals surface area contributed by atoms with Crippen LogP contribution in [0, 0.1) is 0 Å². The Hall–Kier alpha value is -3.68. The van der Waals surface area contributed by atoms with Crippen LogP contribution in [0.15, 0.2) is 18.2 Å². The third-order valence-corrected chi connectivity index (χ3v) is 6.83. The van der Waals surface area contributed by atoms with Gasteiger partial charge in [0, 0.05) is 77.5 Å². The van der Waals surface area contributed by atoms with Crippen molar-refractivity contribution >= 4 is 42.3 Å². The number of nitrogens with one attached hydrogen (secondary N) is 2. The largest absolute Gasteiger partial charge is 0.377 e. The van der Waals surface area contributed by atoms with Gasteiger partial charge in [0.05, 0.1) is 31.4 Å². The molecule has 1 fully saturated rings. The number of piperazine rings is 1. The van der Waals surface area contributed by atoms with Gasteiger partial charge in [0.2, 0.25) is 11.8 Å². The van der Waals surface area contributed by atoms with Crippen molar-refractivity contribution in [2.24, 2.45) is 0 Å². The standard InChI is InChI=1S/C28H41N5O8/c1-29-26(37)6-5-24(21-36)31(2)28(39)25-19-23(4-3-22(25)20-35)33-12-10-32(11-13-33)9-7-27(38)30-8-15-40-17-18-41-16-14-34/h3-4,14,19-21,24H,5-13,15-18H2,1-2H3,(H,29,37)(H,30,38). The van der Waals surface area contributed by atoms with Crippen molar-refractivity contribution in [2.75, 3.05) is 84.7 Å². The minimum absolute atomic E-state index is 0.0461. The van der Waals surface area contributed by atoms with Gasteiger partial charge in [-0.05, 0) is 24.6 Å². The second-order valence-electron chi connectivity index (χ2n) is 9.50. The summed E-state index contributed by atoms with van der Waals surface area (Å²) in [7, 11) is 2.99. The van der Waals surface area contributed by atoms with Gasteiger partial charge in [-0.3, -0.25) is 24.1 Å². The summed E-state index contributed by atoms with van der Waals surface area (Å²) in [6.45, 7) is 4.91. The fourth-order valence-corrected chi connectivity index (χ4v) is 4.32. The van der Waals surface area contributed by atoms with Crippen LogP contribution in [0.2, 0.25) is 0 Å². The number of amides is 3. The number of nitrogens with zero attached hydrogens (tertiary/aromatic N) is 3. The highest BCUT2D eigenvalue weighted by Crippen LogP contribution is 2.22. The van der Waals surface area contributed by atoms with Gasteiger partial charge in [0.1, 0.15) is 19.2 Å². The van der Waals surface area contributed by atoms with Gasteiger partial charge in [-0.15, -0.1) is 0 Å². The van der Waals surface area contributed by atoms with Crippen molar-refractivity contribution < 1.29 is 38.2 Å². The fourth-order valence-electron chi connectivity index (χ4n) is 4.32. The summed E-state index contributed by atoms with van der Waals surface area (Å²) in [5.74, 6) is -0.758. The Morgan fingerprint density at radius 3 is 2.39 bits per heavy atom. The number of rotatable bonds is 19. The maximum absolute atomic E-state index is 13.3. The zero-order chi connectivity index (χ0) is 30.0. The molecule has 13 heteroatoms. The molecule has 0 aromatic heterocycles. The molecule has 0 aliphatic carbocycles. The van der Waals surface area contributed by atoms with E-state index in [1.165, 1.54) is 19.0 Å². The van der Waals surface area contributed by atoms with E-state index >= 15 is 0 Å².